The van der Waals surface area contributed by atoms with Gasteiger partial charge in [0.15, 0.2) is 11.5 Å². The molecular formula is C23H26N2O3. The zero-order valence-electron chi connectivity index (χ0n) is 16.6. The van der Waals surface area contributed by atoms with E-state index in [4.69, 9.17) is 9.47 Å². The van der Waals surface area contributed by atoms with Gasteiger partial charge in [0.05, 0.1) is 13.7 Å². The van der Waals surface area contributed by atoms with Crippen molar-refractivity contribution in [3.63, 3.8) is 0 Å². The maximum absolute atomic E-state index is 12.2. The normalized spacial score (nSPS) is 22.8. The van der Waals surface area contributed by atoms with Crippen LogP contribution in [-0.2, 0) is 15.6 Å². The van der Waals surface area contributed by atoms with Crippen LogP contribution in [0.2, 0.25) is 0 Å². The second-order valence-electron chi connectivity index (χ2n) is 8.06. The van der Waals surface area contributed by atoms with Crippen LogP contribution >= 0.6 is 0 Å². The third kappa shape index (κ3) is 3.37. The summed E-state index contributed by atoms with van der Waals surface area (Å²) in [5.41, 5.74) is 1.96. The molecule has 28 heavy (non-hydrogen) atoms. The molecule has 146 valence electrons. The number of amides is 1. The molecule has 5 nitrogen and oxygen atoms in total. The molecule has 2 aromatic carbocycles. The smallest absolute Gasteiger partial charge is 0.243 e. The largest absolute Gasteiger partial charge is 0.493 e. The number of nitrogens with zero attached hydrogens (tertiary/aromatic N) is 2. The number of hydrogen-bond acceptors (Lipinski definition) is 4. The van der Waals surface area contributed by atoms with Gasteiger partial charge < -0.3 is 9.47 Å². The molecule has 0 radical (unpaired) electrons. The molecule has 1 atom stereocenters. The number of hydrogen-bond donors (Lipinski definition) is 0. The molecule has 0 spiro atoms. The molecular weight excluding hydrogens is 352 g/mol. The highest BCUT2D eigenvalue weighted by Gasteiger charge is 2.45. The zero-order valence-corrected chi connectivity index (χ0v) is 16.6. The lowest BCUT2D eigenvalue weighted by Crippen LogP contribution is -2.38. The topological polar surface area (TPSA) is 51.1 Å². The van der Waals surface area contributed by atoms with Crippen LogP contribution in [0.1, 0.15) is 37.3 Å². The van der Waals surface area contributed by atoms with Gasteiger partial charge in [0.25, 0.3) is 0 Å². The third-order valence-corrected chi connectivity index (χ3v) is 5.96. The predicted octanol–water partition coefficient (Wildman–Crippen LogP) is 3.91. The molecule has 5 heteroatoms. The highest BCUT2D eigenvalue weighted by Crippen LogP contribution is 2.49. The summed E-state index contributed by atoms with van der Waals surface area (Å²) in [5.74, 6) is 1.42. The Labute approximate surface area is 166 Å². The molecule has 0 aromatic heterocycles. The summed E-state index contributed by atoms with van der Waals surface area (Å²) >= 11 is 0. The number of hydrazone groups is 1. The van der Waals surface area contributed by atoms with Crippen molar-refractivity contribution in [3.05, 3.63) is 59.7 Å². The first-order valence-electron chi connectivity index (χ1n) is 9.64. The van der Waals surface area contributed by atoms with Gasteiger partial charge in [-0.25, -0.2) is 5.01 Å². The number of ether oxygens (including phenoxy) is 2. The van der Waals surface area contributed by atoms with E-state index in [2.05, 4.69) is 29.4 Å². The Morgan fingerprint density at radius 1 is 1.07 bits per heavy atom. The molecule has 1 fully saturated rings. The van der Waals surface area contributed by atoms with Crippen LogP contribution in [0.5, 0.6) is 11.5 Å². The molecule has 2 aliphatic rings. The van der Waals surface area contributed by atoms with Gasteiger partial charge in [-0.2, -0.15) is 5.10 Å². The molecule has 1 saturated carbocycles. The second kappa shape index (κ2) is 6.97. The molecule has 1 amide bonds. The van der Waals surface area contributed by atoms with Crippen molar-refractivity contribution in [3.8, 4) is 11.5 Å². The molecule has 2 aromatic rings. The average Bonchev–Trinajstić information content (AvgIpc) is 3.51. The summed E-state index contributed by atoms with van der Waals surface area (Å²) in [6, 6.07) is 16.4. The lowest BCUT2D eigenvalue weighted by atomic mass is 9.79. The number of rotatable bonds is 6. The van der Waals surface area contributed by atoms with Crippen LogP contribution < -0.4 is 9.47 Å². The van der Waals surface area contributed by atoms with Crippen molar-refractivity contribution < 1.29 is 14.3 Å². The van der Waals surface area contributed by atoms with E-state index in [1.54, 1.807) is 14.2 Å². The highest BCUT2D eigenvalue weighted by atomic mass is 16.5. The maximum Gasteiger partial charge on any atom is 0.243 e. The van der Waals surface area contributed by atoms with E-state index in [9.17, 15) is 4.79 Å². The summed E-state index contributed by atoms with van der Waals surface area (Å²) in [4.78, 5) is 12.2. The first kappa shape index (κ1) is 18.5. The van der Waals surface area contributed by atoms with Crippen molar-refractivity contribution in [2.45, 2.75) is 37.0 Å². The summed E-state index contributed by atoms with van der Waals surface area (Å²) in [7, 11) is 3.33. The molecule has 0 N–H and O–H groups in total. The van der Waals surface area contributed by atoms with E-state index in [0.29, 0.717) is 24.5 Å². The third-order valence-electron chi connectivity index (χ3n) is 5.96. The molecule has 0 saturated heterocycles. The van der Waals surface area contributed by atoms with Gasteiger partial charge >= 0.3 is 0 Å². The van der Waals surface area contributed by atoms with Crippen LogP contribution in [0.15, 0.2) is 53.6 Å². The lowest BCUT2D eigenvalue weighted by molar-refractivity contribution is -0.131. The number of benzene rings is 2. The quantitative estimate of drug-likeness (QED) is 0.766. The molecule has 1 heterocycles. The van der Waals surface area contributed by atoms with Crippen molar-refractivity contribution >= 4 is 12.1 Å². The van der Waals surface area contributed by atoms with E-state index >= 15 is 0 Å². The Morgan fingerprint density at radius 2 is 1.82 bits per heavy atom. The monoisotopic (exact) mass is 378 g/mol. The average molecular weight is 378 g/mol. The van der Waals surface area contributed by atoms with Gasteiger partial charge in [-0.3, -0.25) is 4.79 Å². The van der Waals surface area contributed by atoms with Crippen LogP contribution in [0.3, 0.4) is 0 Å². The number of carbonyl (C=O) groups excluding carboxylic acids is 1. The Balaban J connectivity index is 1.58. The second-order valence-corrected chi connectivity index (χ2v) is 8.06. The minimum atomic E-state index is -0.454. The molecule has 0 bridgehead atoms. The molecule has 1 aliphatic heterocycles. The van der Waals surface area contributed by atoms with Crippen LogP contribution in [0, 0.1) is 0 Å². The molecule has 1 unspecified atom stereocenters. The summed E-state index contributed by atoms with van der Waals surface area (Å²) < 4.78 is 11.8. The van der Waals surface area contributed by atoms with E-state index in [1.807, 2.05) is 37.4 Å². The minimum Gasteiger partial charge on any atom is -0.493 e. The summed E-state index contributed by atoms with van der Waals surface area (Å²) in [6.07, 6.45) is 4.48. The maximum atomic E-state index is 12.2. The molecule has 4 rings (SSSR count). The van der Waals surface area contributed by atoms with Gasteiger partial charge in [0.2, 0.25) is 5.91 Å². The Hall–Kier alpha value is -2.82. The first-order chi connectivity index (χ1) is 13.5. The van der Waals surface area contributed by atoms with Gasteiger partial charge in [0.1, 0.15) is 0 Å². The van der Waals surface area contributed by atoms with E-state index in [-0.39, 0.29) is 11.3 Å². The predicted molar refractivity (Wildman–Crippen MR) is 109 cm³/mol. The highest BCUT2D eigenvalue weighted by molar-refractivity contribution is 5.89. The number of methoxy groups -OCH3 is 1. The van der Waals surface area contributed by atoms with E-state index in [1.165, 1.54) is 10.6 Å². The van der Waals surface area contributed by atoms with Gasteiger partial charge in [0, 0.05) is 30.5 Å². The van der Waals surface area contributed by atoms with Crippen LogP contribution in [0.25, 0.3) is 0 Å². The summed E-state index contributed by atoms with van der Waals surface area (Å²) in [6.45, 7) is 2.64. The Kier molecular flexibility index (Phi) is 4.61. The fourth-order valence-electron chi connectivity index (χ4n) is 3.75. The van der Waals surface area contributed by atoms with Gasteiger partial charge in [-0.1, -0.05) is 36.4 Å². The standard InChI is InChI=1S/C23H26N2O3/c1-22(14-21(26)25(2)24-15-22)18-9-10-19(27-3)20(13-18)28-16-23(11-12-23)17-7-5-4-6-8-17/h4-10,13,15H,11-12,14,16H2,1-3H3. The summed E-state index contributed by atoms with van der Waals surface area (Å²) in [5, 5.41) is 5.62. The number of carbonyl (C=O) groups is 1. The first-order valence-corrected chi connectivity index (χ1v) is 9.64. The van der Waals surface area contributed by atoms with Gasteiger partial charge in [-0.15, -0.1) is 0 Å². The zero-order chi connectivity index (χ0) is 19.8. The SMILES string of the molecule is COc1ccc(C2(C)C=NN(C)C(=O)C2)cc1OCC1(c2ccccc2)CC1. The van der Waals surface area contributed by atoms with Gasteiger partial charge in [-0.05, 0) is 43.0 Å². The minimum absolute atomic E-state index is 0.00398. The van der Waals surface area contributed by atoms with Crippen LogP contribution in [0.4, 0.5) is 0 Å². The van der Waals surface area contributed by atoms with Crippen LogP contribution in [-0.4, -0.2) is 37.9 Å². The van der Waals surface area contributed by atoms with E-state index in [0.717, 1.165) is 18.4 Å². The fourth-order valence-corrected chi connectivity index (χ4v) is 3.75. The Bertz CT molecular complexity index is 905. The van der Waals surface area contributed by atoms with Crippen molar-refractivity contribution in [2.75, 3.05) is 20.8 Å². The van der Waals surface area contributed by atoms with Crippen molar-refractivity contribution in [1.82, 2.24) is 5.01 Å². The van der Waals surface area contributed by atoms with Crippen molar-refractivity contribution in [1.29, 1.82) is 0 Å². The fraction of sp³-hybridized carbons (Fsp3) is 0.391. The lowest BCUT2D eigenvalue weighted by Gasteiger charge is -2.31. The van der Waals surface area contributed by atoms with E-state index < -0.39 is 5.41 Å². The molecule has 1 aliphatic carbocycles. The van der Waals surface area contributed by atoms with Crippen molar-refractivity contribution in [2.24, 2.45) is 5.10 Å². The Morgan fingerprint density at radius 3 is 2.46 bits per heavy atom.